The molecule has 40 heavy (non-hydrogen) atoms. The van der Waals surface area contributed by atoms with Crippen molar-refractivity contribution in [2.45, 2.75) is 32.6 Å². The van der Waals surface area contributed by atoms with Crippen LogP contribution in [0.3, 0.4) is 0 Å². The molecule has 0 amide bonds. The van der Waals surface area contributed by atoms with Gasteiger partial charge in [0.15, 0.2) is 0 Å². The van der Waals surface area contributed by atoms with E-state index in [1.165, 1.54) is 72.0 Å². The number of hydrogen-bond acceptors (Lipinski definition) is 0. The molecular weight excluding hydrogens is 482 g/mol. The molecule has 1 heterocycles. The zero-order valence-corrected chi connectivity index (χ0v) is 23.0. The van der Waals surface area contributed by atoms with Gasteiger partial charge in [-0.05, 0) is 95.0 Å². The van der Waals surface area contributed by atoms with Gasteiger partial charge < -0.3 is 4.57 Å². The number of benzene rings is 4. The minimum Gasteiger partial charge on any atom is -0.313 e. The Hall–Kier alpha value is -4.62. The molecule has 0 aliphatic heterocycles. The van der Waals surface area contributed by atoms with Gasteiger partial charge in [0.05, 0.1) is 5.52 Å². The van der Waals surface area contributed by atoms with Gasteiger partial charge in [-0.1, -0.05) is 110 Å². The van der Waals surface area contributed by atoms with Gasteiger partial charge in [-0.3, -0.25) is 0 Å². The maximum atomic E-state index is 4.01. The average molecular weight is 516 g/mol. The van der Waals surface area contributed by atoms with Gasteiger partial charge in [0.2, 0.25) is 0 Å². The smallest absolute Gasteiger partial charge is 0.0537 e. The SMILES string of the molecule is C=C/C=C(\C=C/C)c1c2c(c(-c3ccc(-n4c5c(c6ccccc64)C=CCC5)cc3)c3ccccc13)CCC=C2. The summed E-state index contributed by atoms with van der Waals surface area (Å²) >= 11 is 0. The highest BCUT2D eigenvalue weighted by atomic mass is 15.0. The third-order valence-electron chi connectivity index (χ3n) is 8.40. The van der Waals surface area contributed by atoms with Crippen molar-refractivity contribution >= 4 is 39.4 Å². The fourth-order valence-corrected chi connectivity index (χ4v) is 6.80. The van der Waals surface area contributed by atoms with Crippen LogP contribution in [0.1, 0.15) is 47.7 Å². The van der Waals surface area contributed by atoms with Gasteiger partial charge in [0.1, 0.15) is 0 Å². The lowest BCUT2D eigenvalue weighted by atomic mass is 9.80. The number of aromatic nitrogens is 1. The van der Waals surface area contributed by atoms with Crippen molar-refractivity contribution in [1.29, 1.82) is 0 Å². The maximum Gasteiger partial charge on any atom is 0.0537 e. The number of para-hydroxylation sites is 1. The van der Waals surface area contributed by atoms with Crippen LogP contribution in [0, 0.1) is 0 Å². The number of rotatable bonds is 5. The predicted octanol–water partition coefficient (Wildman–Crippen LogP) is 10.5. The molecule has 2 aliphatic rings. The molecule has 0 saturated carbocycles. The summed E-state index contributed by atoms with van der Waals surface area (Å²) in [6, 6.07) is 27.0. The standard InChI is InChI=1S/C39H33N/c1-3-13-27(14-4-2)38-32-17-5-7-19-34(32)39(35-20-8-6-18-33(35)38)28-23-25-29(26-24-28)40-36-21-11-9-15-30(36)31-16-10-12-22-37(31)40/h3-7,9-11,13-19,21,23-26H,1,8,12,20,22H2,2H3/b14-4-,27-13+. The predicted molar refractivity (Wildman–Crippen MR) is 174 cm³/mol. The lowest BCUT2D eigenvalue weighted by Crippen LogP contribution is -2.05. The van der Waals surface area contributed by atoms with E-state index in [1.807, 2.05) is 6.08 Å². The van der Waals surface area contributed by atoms with E-state index < -0.39 is 0 Å². The van der Waals surface area contributed by atoms with Crippen LogP contribution >= 0.6 is 0 Å². The molecule has 2 aliphatic carbocycles. The second kappa shape index (κ2) is 10.2. The Bertz CT molecular complexity index is 1900. The van der Waals surface area contributed by atoms with E-state index in [9.17, 15) is 0 Å². The van der Waals surface area contributed by atoms with Crippen LogP contribution in [-0.2, 0) is 12.8 Å². The molecule has 0 radical (unpaired) electrons. The normalized spacial score (nSPS) is 14.7. The molecule has 0 N–H and O–H groups in total. The van der Waals surface area contributed by atoms with E-state index in [-0.39, 0.29) is 0 Å². The Balaban J connectivity index is 1.45. The van der Waals surface area contributed by atoms with Gasteiger partial charge in [-0.15, -0.1) is 0 Å². The van der Waals surface area contributed by atoms with Crippen molar-refractivity contribution in [3.05, 3.63) is 144 Å². The van der Waals surface area contributed by atoms with E-state index in [0.29, 0.717) is 0 Å². The Morgan fingerprint density at radius 1 is 0.775 bits per heavy atom. The third-order valence-corrected chi connectivity index (χ3v) is 8.40. The first-order valence-electron chi connectivity index (χ1n) is 14.4. The van der Waals surface area contributed by atoms with Crippen LogP contribution in [0.15, 0.2) is 116 Å². The maximum absolute atomic E-state index is 4.01. The zero-order valence-electron chi connectivity index (χ0n) is 23.0. The summed E-state index contributed by atoms with van der Waals surface area (Å²) in [5.41, 5.74) is 13.2. The highest BCUT2D eigenvalue weighted by Crippen LogP contribution is 2.43. The number of allylic oxidation sites excluding steroid dienone is 7. The average Bonchev–Trinajstić information content (AvgIpc) is 3.34. The van der Waals surface area contributed by atoms with E-state index in [1.54, 1.807) is 0 Å². The minimum absolute atomic E-state index is 1.04. The zero-order chi connectivity index (χ0) is 27.1. The van der Waals surface area contributed by atoms with Crippen molar-refractivity contribution in [3.8, 4) is 16.8 Å². The molecular formula is C39H33N. The molecule has 0 unspecified atom stereocenters. The summed E-state index contributed by atoms with van der Waals surface area (Å²) in [5, 5.41) is 3.94. The molecule has 0 saturated heterocycles. The largest absolute Gasteiger partial charge is 0.313 e. The van der Waals surface area contributed by atoms with Crippen LogP contribution in [0.2, 0.25) is 0 Å². The van der Waals surface area contributed by atoms with Gasteiger partial charge >= 0.3 is 0 Å². The van der Waals surface area contributed by atoms with E-state index in [2.05, 4.69) is 133 Å². The molecule has 1 aromatic heterocycles. The fourth-order valence-electron chi connectivity index (χ4n) is 6.80. The molecule has 0 atom stereocenters. The summed E-state index contributed by atoms with van der Waals surface area (Å²) in [6.45, 7) is 6.09. The molecule has 5 aromatic rings. The molecule has 1 heteroatoms. The highest BCUT2D eigenvalue weighted by Gasteiger charge is 2.22. The molecule has 0 bridgehead atoms. The Morgan fingerprint density at radius 2 is 1.48 bits per heavy atom. The Morgan fingerprint density at radius 3 is 2.25 bits per heavy atom. The monoisotopic (exact) mass is 515 g/mol. The molecule has 0 fully saturated rings. The van der Waals surface area contributed by atoms with Crippen molar-refractivity contribution in [3.63, 3.8) is 0 Å². The van der Waals surface area contributed by atoms with E-state index in [0.717, 1.165) is 25.7 Å². The van der Waals surface area contributed by atoms with Crippen molar-refractivity contribution in [1.82, 2.24) is 4.57 Å². The number of fused-ring (bicyclic) bond motifs is 5. The summed E-state index contributed by atoms with van der Waals surface area (Å²) in [6.07, 6.45) is 21.9. The first-order valence-corrected chi connectivity index (χ1v) is 14.4. The Kier molecular flexibility index (Phi) is 6.21. The fraction of sp³-hybridized carbons (Fsp3) is 0.128. The molecule has 7 rings (SSSR count). The van der Waals surface area contributed by atoms with Crippen molar-refractivity contribution < 1.29 is 0 Å². The highest BCUT2D eigenvalue weighted by molar-refractivity contribution is 6.08. The van der Waals surface area contributed by atoms with E-state index >= 15 is 0 Å². The molecule has 194 valence electrons. The van der Waals surface area contributed by atoms with Crippen LogP contribution in [0.5, 0.6) is 0 Å². The van der Waals surface area contributed by atoms with Crippen LogP contribution in [-0.4, -0.2) is 4.57 Å². The summed E-state index contributed by atoms with van der Waals surface area (Å²) in [4.78, 5) is 0. The van der Waals surface area contributed by atoms with Crippen LogP contribution in [0.25, 0.3) is 56.2 Å². The second-order valence-corrected chi connectivity index (χ2v) is 10.7. The number of nitrogens with zero attached hydrogens (tertiary/aromatic N) is 1. The second-order valence-electron chi connectivity index (χ2n) is 10.7. The lowest BCUT2D eigenvalue weighted by molar-refractivity contribution is 0.888. The summed E-state index contributed by atoms with van der Waals surface area (Å²) in [5.74, 6) is 0. The summed E-state index contributed by atoms with van der Waals surface area (Å²) < 4.78 is 2.47. The first kappa shape index (κ1) is 24.4. The van der Waals surface area contributed by atoms with Gasteiger partial charge in [0.25, 0.3) is 0 Å². The molecule has 1 nitrogen and oxygen atoms in total. The topological polar surface area (TPSA) is 4.93 Å². The molecule has 0 spiro atoms. The van der Waals surface area contributed by atoms with Gasteiger partial charge in [-0.2, -0.15) is 0 Å². The van der Waals surface area contributed by atoms with Crippen LogP contribution in [0.4, 0.5) is 0 Å². The third kappa shape index (κ3) is 3.85. The van der Waals surface area contributed by atoms with E-state index in [4.69, 9.17) is 0 Å². The minimum atomic E-state index is 1.04. The van der Waals surface area contributed by atoms with Gasteiger partial charge in [0, 0.05) is 22.3 Å². The van der Waals surface area contributed by atoms with Crippen LogP contribution < -0.4 is 0 Å². The van der Waals surface area contributed by atoms with Gasteiger partial charge in [-0.25, -0.2) is 0 Å². The quantitative estimate of drug-likeness (QED) is 0.205. The lowest BCUT2D eigenvalue weighted by Gasteiger charge is -2.24. The van der Waals surface area contributed by atoms with Crippen molar-refractivity contribution in [2.75, 3.05) is 0 Å². The first-order chi connectivity index (χ1) is 19.8. The van der Waals surface area contributed by atoms with Crippen molar-refractivity contribution in [2.24, 2.45) is 0 Å². The Labute approximate surface area is 236 Å². The summed E-state index contributed by atoms with van der Waals surface area (Å²) in [7, 11) is 0. The molecule has 4 aromatic carbocycles. The number of hydrogen-bond donors (Lipinski definition) is 0.